The summed E-state index contributed by atoms with van der Waals surface area (Å²) >= 11 is 0. The zero-order valence-corrected chi connectivity index (χ0v) is 22.7. The van der Waals surface area contributed by atoms with Crippen molar-refractivity contribution in [2.45, 2.75) is 105 Å². The summed E-state index contributed by atoms with van der Waals surface area (Å²) in [4.78, 5) is 25.5. The van der Waals surface area contributed by atoms with Gasteiger partial charge in [0.25, 0.3) is 0 Å². The van der Waals surface area contributed by atoms with E-state index in [4.69, 9.17) is 4.74 Å². The lowest BCUT2D eigenvalue weighted by Crippen LogP contribution is -2.49. The van der Waals surface area contributed by atoms with Gasteiger partial charge in [0.15, 0.2) is 0 Å². The van der Waals surface area contributed by atoms with E-state index in [2.05, 4.69) is 36.6 Å². The standard InChI is InChI=1S/C28H48N2O4/c1-18(2)22(15-21-13-11-10-12-14-21)16-24(30-27(33)34-28(7,8)9)25(31)17-23(19(3)4)26(32)29-20(5)6/h10-14,18-20,22-25,31H,15-17H2,1-9H3,(H,29,32)(H,30,33)/t22-,23-,24-,25-/m0/s1. The number of carbonyl (C=O) groups excluding carboxylic acids is 2. The molecule has 6 heteroatoms. The number of hydrogen-bond donors (Lipinski definition) is 3. The zero-order chi connectivity index (χ0) is 26.1. The van der Waals surface area contributed by atoms with Crippen molar-refractivity contribution in [2.75, 3.05) is 0 Å². The molecule has 0 bridgehead atoms. The molecule has 0 saturated heterocycles. The first kappa shape index (κ1) is 30.0. The Balaban J connectivity index is 3.11. The molecule has 0 saturated carbocycles. The largest absolute Gasteiger partial charge is 0.444 e. The number of benzene rings is 1. The molecule has 1 aromatic rings. The van der Waals surface area contributed by atoms with E-state index in [1.807, 2.05) is 66.7 Å². The summed E-state index contributed by atoms with van der Waals surface area (Å²) in [6.07, 6.45) is 0.275. The van der Waals surface area contributed by atoms with Crippen molar-refractivity contribution in [3.63, 3.8) is 0 Å². The monoisotopic (exact) mass is 476 g/mol. The Bertz CT molecular complexity index is 741. The number of hydrogen-bond acceptors (Lipinski definition) is 4. The average Bonchev–Trinajstić information content (AvgIpc) is 2.69. The molecule has 0 aliphatic carbocycles. The fourth-order valence-electron chi connectivity index (χ4n) is 4.10. The van der Waals surface area contributed by atoms with E-state index in [0.717, 1.165) is 6.42 Å². The summed E-state index contributed by atoms with van der Waals surface area (Å²) in [6.45, 7) is 17.6. The smallest absolute Gasteiger partial charge is 0.407 e. The van der Waals surface area contributed by atoms with E-state index in [-0.39, 0.29) is 36.1 Å². The molecule has 0 spiro atoms. The maximum atomic E-state index is 12.8. The molecule has 0 aromatic heterocycles. The van der Waals surface area contributed by atoms with Gasteiger partial charge in [0.1, 0.15) is 5.60 Å². The third-order valence-electron chi connectivity index (χ3n) is 6.07. The molecule has 1 rings (SSSR count). The van der Waals surface area contributed by atoms with Crippen LogP contribution in [0.3, 0.4) is 0 Å². The number of rotatable bonds is 12. The van der Waals surface area contributed by atoms with Crippen molar-refractivity contribution >= 4 is 12.0 Å². The van der Waals surface area contributed by atoms with Gasteiger partial charge in [-0.1, -0.05) is 58.0 Å². The van der Waals surface area contributed by atoms with E-state index in [0.29, 0.717) is 12.3 Å². The minimum absolute atomic E-state index is 0.0257. The molecule has 2 amide bonds. The highest BCUT2D eigenvalue weighted by Crippen LogP contribution is 2.27. The van der Waals surface area contributed by atoms with Crippen molar-refractivity contribution in [1.29, 1.82) is 0 Å². The highest BCUT2D eigenvalue weighted by atomic mass is 16.6. The number of nitrogens with one attached hydrogen (secondary N) is 2. The topological polar surface area (TPSA) is 87.7 Å². The van der Waals surface area contributed by atoms with E-state index < -0.39 is 23.8 Å². The second kappa shape index (κ2) is 13.7. The zero-order valence-electron chi connectivity index (χ0n) is 22.7. The lowest BCUT2D eigenvalue weighted by molar-refractivity contribution is -0.128. The second-order valence-corrected chi connectivity index (χ2v) is 11.5. The fraction of sp³-hybridized carbons (Fsp3) is 0.714. The van der Waals surface area contributed by atoms with Crippen LogP contribution in [0.15, 0.2) is 30.3 Å². The van der Waals surface area contributed by atoms with Gasteiger partial charge in [-0.3, -0.25) is 4.79 Å². The van der Waals surface area contributed by atoms with Gasteiger partial charge in [0.2, 0.25) is 5.91 Å². The van der Waals surface area contributed by atoms with Crippen LogP contribution in [0, 0.1) is 23.7 Å². The van der Waals surface area contributed by atoms with Gasteiger partial charge in [-0.15, -0.1) is 0 Å². The van der Waals surface area contributed by atoms with Crippen LogP contribution in [0.4, 0.5) is 4.79 Å². The summed E-state index contributed by atoms with van der Waals surface area (Å²) in [7, 11) is 0. The maximum absolute atomic E-state index is 12.8. The van der Waals surface area contributed by atoms with E-state index in [1.54, 1.807) is 0 Å². The Hall–Kier alpha value is -2.08. The summed E-state index contributed by atoms with van der Waals surface area (Å²) in [6, 6.07) is 9.76. The van der Waals surface area contributed by atoms with Gasteiger partial charge in [-0.05, 0) is 77.2 Å². The average molecular weight is 477 g/mol. The van der Waals surface area contributed by atoms with Gasteiger partial charge in [0, 0.05) is 12.0 Å². The van der Waals surface area contributed by atoms with Crippen molar-refractivity contribution < 1.29 is 19.4 Å². The fourth-order valence-corrected chi connectivity index (χ4v) is 4.10. The normalized spacial score (nSPS) is 15.7. The molecule has 0 unspecified atom stereocenters. The predicted octanol–water partition coefficient (Wildman–Crippen LogP) is 5.33. The van der Waals surface area contributed by atoms with Crippen molar-refractivity contribution in [1.82, 2.24) is 10.6 Å². The second-order valence-electron chi connectivity index (χ2n) is 11.5. The number of carbonyl (C=O) groups is 2. The van der Waals surface area contributed by atoms with Crippen molar-refractivity contribution in [3.05, 3.63) is 35.9 Å². The molecule has 0 aliphatic rings. The molecule has 0 aliphatic heterocycles. The number of ether oxygens (including phenoxy) is 1. The van der Waals surface area contributed by atoms with Crippen LogP contribution >= 0.6 is 0 Å². The highest BCUT2D eigenvalue weighted by Gasteiger charge is 2.33. The predicted molar refractivity (Wildman–Crippen MR) is 138 cm³/mol. The Kier molecular flexibility index (Phi) is 12.1. The summed E-state index contributed by atoms with van der Waals surface area (Å²) in [5.41, 5.74) is 0.585. The molecule has 34 heavy (non-hydrogen) atoms. The third-order valence-corrected chi connectivity index (χ3v) is 6.07. The van der Waals surface area contributed by atoms with Crippen LogP contribution in [-0.2, 0) is 16.0 Å². The first-order valence-electron chi connectivity index (χ1n) is 12.7. The number of aliphatic hydroxyl groups is 1. The van der Waals surface area contributed by atoms with Crippen LogP contribution in [0.1, 0.15) is 80.7 Å². The Labute approximate surface area is 207 Å². The lowest BCUT2D eigenvalue weighted by atomic mass is 9.80. The first-order valence-corrected chi connectivity index (χ1v) is 12.7. The number of aliphatic hydroxyl groups excluding tert-OH is 1. The molecule has 0 heterocycles. The van der Waals surface area contributed by atoms with Crippen LogP contribution in [0.25, 0.3) is 0 Å². The molecular formula is C28H48N2O4. The van der Waals surface area contributed by atoms with Crippen LogP contribution in [0.5, 0.6) is 0 Å². The molecular weight excluding hydrogens is 428 g/mol. The first-order chi connectivity index (χ1) is 15.7. The Morgan fingerprint density at radius 2 is 1.50 bits per heavy atom. The molecule has 6 nitrogen and oxygen atoms in total. The summed E-state index contributed by atoms with van der Waals surface area (Å²) < 4.78 is 5.49. The van der Waals surface area contributed by atoms with Crippen LogP contribution < -0.4 is 10.6 Å². The minimum atomic E-state index is -0.880. The van der Waals surface area contributed by atoms with Gasteiger partial charge in [0.05, 0.1) is 12.1 Å². The Morgan fingerprint density at radius 3 is 1.97 bits per heavy atom. The molecule has 0 fully saturated rings. The van der Waals surface area contributed by atoms with Crippen molar-refractivity contribution in [3.8, 4) is 0 Å². The van der Waals surface area contributed by atoms with E-state index in [1.165, 1.54) is 5.56 Å². The van der Waals surface area contributed by atoms with E-state index >= 15 is 0 Å². The molecule has 0 radical (unpaired) electrons. The molecule has 194 valence electrons. The van der Waals surface area contributed by atoms with Gasteiger partial charge in [-0.2, -0.15) is 0 Å². The maximum Gasteiger partial charge on any atom is 0.407 e. The van der Waals surface area contributed by atoms with Gasteiger partial charge in [-0.25, -0.2) is 4.79 Å². The third kappa shape index (κ3) is 11.4. The van der Waals surface area contributed by atoms with Gasteiger partial charge >= 0.3 is 6.09 Å². The quantitative estimate of drug-likeness (QED) is 0.380. The van der Waals surface area contributed by atoms with Crippen LogP contribution in [-0.4, -0.2) is 40.9 Å². The molecule has 3 N–H and O–H groups in total. The molecule has 1 aromatic carbocycles. The summed E-state index contributed by atoms with van der Waals surface area (Å²) in [5, 5.41) is 17.2. The van der Waals surface area contributed by atoms with E-state index in [9.17, 15) is 14.7 Å². The van der Waals surface area contributed by atoms with Gasteiger partial charge < -0.3 is 20.5 Å². The van der Waals surface area contributed by atoms with Crippen LogP contribution in [0.2, 0.25) is 0 Å². The summed E-state index contributed by atoms with van der Waals surface area (Å²) in [5.74, 6) is 0.219. The number of amides is 2. The number of alkyl carbamates (subject to hydrolysis) is 1. The highest BCUT2D eigenvalue weighted by molar-refractivity contribution is 5.79. The SMILES string of the molecule is CC(C)NC(=O)[C@@H](C[C@H](O)[C@H](C[C@H](Cc1ccccc1)C(C)C)NC(=O)OC(C)(C)C)C(C)C. The lowest BCUT2D eigenvalue weighted by Gasteiger charge is -2.33. The Morgan fingerprint density at radius 1 is 0.912 bits per heavy atom. The van der Waals surface area contributed by atoms with Crippen molar-refractivity contribution in [2.24, 2.45) is 23.7 Å². The molecule has 4 atom stereocenters. The minimum Gasteiger partial charge on any atom is -0.444 e.